The predicted molar refractivity (Wildman–Crippen MR) is 126 cm³/mol. The summed E-state index contributed by atoms with van der Waals surface area (Å²) in [5, 5.41) is 11.2. The minimum absolute atomic E-state index is 0.0679. The molecule has 4 heterocycles. The van der Waals surface area contributed by atoms with E-state index in [0.717, 1.165) is 37.3 Å². The van der Waals surface area contributed by atoms with Gasteiger partial charge in [0.25, 0.3) is 5.56 Å². The van der Waals surface area contributed by atoms with Gasteiger partial charge in [0, 0.05) is 43.9 Å². The number of piperidine rings is 1. The SMILES string of the molecule is O=c1c(-c2ccccc2)coc2c(CN3C[C@H]4C[C@H](C3)c3cccc(=O)n3C4)c(O)ccc12. The number of fused-ring (bicyclic) bond motifs is 5. The predicted octanol–water partition coefficient (Wildman–Crippen LogP) is 3.95. The van der Waals surface area contributed by atoms with Crippen LogP contribution in [0.5, 0.6) is 5.75 Å². The minimum Gasteiger partial charge on any atom is -0.507 e. The van der Waals surface area contributed by atoms with Gasteiger partial charge in [0.2, 0.25) is 5.43 Å². The Labute approximate surface area is 190 Å². The Hall–Kier alpha value is -3.64. The molecule has 1 fully saturated rings. The van der Waals surface area contributed by atoms with Crippen molar-refractivity contribution >= 4 is 11.0 Å². The fraction of sp³-hybridized carbons (Fsp3) is 0.259. The van der Waals surface area contributed by atoms with Gasteiger partial charge in [-0.3, -0.25) is 14.5 Å². The third kappa shape index (κ3) is 3.38. The van der Waals surface area contributed by atoms with E-state index in [2.05, 4.69) is 4.90 Å². The highest BCUT2D eigenvalue weighted by Crippen LogP contribution is 2.37. The Morgan fingerprint density at radius 3 is 2.64 bits per heavy atom. The van der Waals surface area contributed by atoms with E-state index >= 15 is 0 Å². The first-order valence-electron chi connectivity index (χ1n) is 11.3. The van der Waals surface area contributed by atoms with Gasteiger partial charge in [0.1, 0.15) is 17.6 Å². The van der Waals surface area contributed by atoms with E-state index < -0.39 is 0 Å². The molecule has 6 rings (SSSR count). The van der Waals surface area contributed by atoms with Crippen LogP contribution in [0.1, 0.15) is 23.6 Å². The van der Waals surface area contributed by atoms with Crippen LogP contribution in [0, 0.1) is 5.92 Å². The molecular weight excluding hydrogens is 416 g/mol. The number of phenols is 1. The van der Waals surface area contributed by atoms with Crippen LogP contribution in [0.4, 0.5) is 0 Å². The van der Waals surface area contributed by atoms with Crippen LogP contribution in [-0.2, 0) is 13.1 Å². The van der Waals surface area contributed by atoms with Gasteiger partial charge in [-0.2, -0.15) is 0 Å². The van der Waals surface area contributed by atoms with E-state index in [1.54, 1.807) is 18.2 Å². The van der Waals surface area contributed by atoms with E-state index in [1.807, 2.05) is 47.0 Å². The highest BCUT2D eigenvalue weighted by molar-refractivity contribution is 5.85. The fourth-order valence-electron chi connectivity index (χ4n) is 5.57. The van der Waals surface area contributed by atoms with Crippen LogP contribution in [0.2, 0.25) is 0 Å². The number of nitrogens with zero attached hydrogens (tertiary/aromatic N) is 2. The number of pyridine rings is 1. The van der Waals surface area contributed by atoms with Gasteiger partial charge >= 0.3 is 0 Å². The second-order valence-corrected chi connectivity index (χ2v) is 9.18. The van der Waals surface area contributed by atoms with Gasteiger partial charge in [0.05, 0.1) is 16.5 Å². The summed E-state index contributed by atoms with van der Waals surface area (Å²) >= 11 is 0. The van der Waals surface area contributed by atoms with Gasteiger partial charge < -0.3 is 14.1 Å². The quantitative estimate of drug-likeness (QED) is 0.522. The maximum atomic E-state index is 13.2. The van der Waals surface area contributed by atoms with E-state index in [-0.39, 0.29) is 22.7 Å². The zero-order chi connectivity index (χ0) is 22.5. The van der Waals surface area contributed by atoms with E-state index in [0.29, 0.717) is 34.6 Å². The maximum Gasteiger partial charge on any atom is 0.250 e. The van der Waals surface area contributed by atoms with Crippen molar-refractivity contribution in [3.05, 3.63) is 98.8 Å². The van der Waals surface area contributed by atoms with Crippen LogP contribution in [0.3, 0.4) is 0 Å². The molecular formula is C27H24N2O4. The van der Waals surface area contributed by atoms with Crippen molar-refractivity contribution in [3.63, 3.8) is 0 Å². The van der Waals surface area contributed by atoms with Gasteiger partial charge in [-0.1, -0.05) is 36.4 Å². The molecule has 2 aliphatic heterocycles. The molecule has 2 bridgehead atoms. The van der Waals surface area contributed by atoms with Crippen LogP contribution in [0.25, 0.3) is 22.1 Å². The molecule has 2 aromatic carbocycles. The van der Waals surface area contributed by atoms with Crippen LogP contribution >= 0.6 is 0 Å². The second kappa shape index (κ2) is 7.74. The maximum absolute atomic E-state index is 13.2. The smallest absolute Gasteiger partial charge is 0.250 e. The molecule has 166 valence electrons. The van der Waals surface area contributed by atoms with Gasteiger partial charge in [-0.25, -0.2) is 0 Å². The van der Waals surface area contributed by atoms with Crippen LogP contribution < -0.4 is 11.0 Å². The van der Waals surface area contributed by atoms with Crippen LogP contribution in [0.15, 0.2) is 80.9 Å². The number of phenolic OH excluding ortho intramolecular Hbond substituents is 1. The molecule has 0 radical (unpaired) electrons. The highest BCUT2D eigenvalue weighted by atomic mass is 16.3. The standard InChI is InChI=1S/C27H24N2O4/c30-24-10-9-20-26(32)22(18-5-2-1-3-6-18)16-33-27(20)21(24)15-28-12-17-11-19(14-28)23-7-4-8-25(31)29(23)13-17/h1-10,16-17,19,30H,11-15H2/t17-,19-/m1/s1. The molecule has 2 aliphatic rings. The number of benzene rings is 2. The molecule has 0 unspecified atom stereocenters. The molecule has 0 spiro atoms. The number of aromatic nitrogens is 1. The van der Waals surface area contributed by atoms with Gasteiger partial charge in [-0.05, 0) is 36.1 Å². The first-order chi connectivity index (χ1) is 16.1. The van der Waals surface area contributed by atoms with Crippen molar-refractivity contribution in [3.8, 4) is 16.9 Å². The lowest BCUT2D eigenvalue weighted by molar-refractivity contribution is 0.113. The summed E-state index contributed by atoms with van der Waals surface area (Å²) in [6, 6.07) is 18.2. The van der Waals surface area contributed by atoms with E-state index in [1.165, 1.54) is 6.26 Å². The van der Waals surface area contributed by atoms with Gasteiger partial charge in [-0.15, -0.1) is 0 Å². The Bertz CT molecular complexity index is 1470. The summed E-state index contributed by atoms with van der Waals surface area (Å²) in [7, 11) is 0. The monoisotopic (exact) mass is 440 g/mol. The molecule has 2 aromatic heterocycles. The lowest BCUT2D eigenvalue weighted by atomic mass is 9.83. The Morgan fingerprint density at radius 2 is 1.79 bits per heavy atom. The summed E-state index contributed by atoms with van der Waals surface area (Å²) < 4.78 is 7.88. The minimum atomic E-state index is -0.104. The average Bonchev–Trinajstić information content (AvgIpc) is 2.82. The fourth-order valence-corrected chi connectivity index (χ4v) is 5.57. The number of aromatic hydroxyl groups is 1. The first kappa shape index (κ1) is 20.0. The molecule has 33 heavy (non-hydrogen) atoms. The van der Waals surface area contributed by atoms with Gasteiger partial charge in [0.15, 0.2) is 0 Å². The van der Waals surface area contributed by atoms with E-state index in [9.17, 15) is 14.7 Å². The molecule has 4 aromatic rings. The topological polar surface area (TPSA) is 75.7 Å². The summed E-state index contributed by atoms with van der Waals surface area (Å²) in [5.41, 5.74) is 3.44. The first-order valence-corrected chi connectivity index (χ1v) is 11.3. The third-order valence-electron chi connectivity index (χ3n) is 7.04. The molecule has 0 amide bonds. The van der Waals surface area contributed by atoms with Crippen molar-refractivity contribution < 1.29 is 9.52 Å². The third-order valence-corrected chi connectivity index (χ3v) is 7.04. The molecule has 1 saturated heterocycles. The van der Waals surface area contributed by atoms with Crippen LogP contribution in [-0.4, -0.2) is 27.7 Å². The van der Waals surface area contributed by atoms with Crippen molar-refractivity contribution in [1.82, 2.24) is 9.47 Å². The summed E-state index contributed by atoms with van der Waals surface area (Å²) in [5.74, 6) is 0.788. The Balaban J connectivity index is 1.36. The summed E-state index contributed by atoms with van der Waals surface area (Å²) in [6.07, 6.45) is 2.56. The molecule has 6 nitrogen and oxygen atoms in total. The zero-order valence-electron chi connectivity index (χ0n) is 18.1. The number of likely N-dealkylation sites (tertiary alicyclic amines) is 1. The normalized spacial score (nSPS) is 20.0. The Kier molecular flexibility index (Phi) is 4.69. The lowest BCUT2D eigenvalue weighted by Crippen LogP contribution is -2.46. The number of hydrogen-bond acceptors (Lipinski definition) is 5. The Morgan fingerprint density at radius 1 is 0.939 bits per heavy atom. The van der Waals surface area contributed by atoms with Crippen molar-refractivity contribution in [2.75, 3.05) is 13.1 Å². The molecule has 0 aliphatic carbocycles. The van der Waals surface area contributed by atoms with E-state index in [4.69, 9.17) is 4.42 Å². The average molecular weight is 440 g/mol. The molecule has 2 atom stereocenters. The van der Waals surface area contributed by atoms with Crippen molar-refractivity contribution in [2.24, 2.45) is 5.92 Å². The zero-order valence-corrected chi connectivity index (χ0v) is 18.1. The second-order valence-electron chi connectivity index (χ2n) is 9.18. The largest absolute Gasteiger partial charge is 0.507 e. The molecule has 6 heteroatoms. The number of rotatable bonds is 3. The summed E-state index contributed by atoms with van der Waals surface area (Å²) in [4.78, 5) is 27.8. The number of hydrogen-bond donors (Lipinski definition) is 1. The molecule has 0 saturated carbocycles. The summed E-state index contributed by atoms with van der Waals surface area (Å²) in [6.45, 7) is 2.83. The molecule has 1 N–H and O–H groups in total. The van der Waals surface area contributed by atoms with Crippen molar-refractivity contribution in [2.45, 2.75) is 25.4 Å². The van der Waals surface area contributed by atoms with Crippen molar-refractivity contribution in [1.29, 1.82) is 0 Å². The lowest BCUT2D eigenvalue weighted by Gasteiger charge is -2.42. The highest BCUT2D eigenvalue weighted by Gasteiger charge is 2.35.